The first-order chi connectivity index (χ1) is 11.2. The van der Waals surface area contributed by atoms with E-state index in [-0.39, 0.29) is 5.91 Å². The minimum atomic E-state index is 0.0245. The lowest BCUT2D eigenvalue weighted by Gasteiger charge is -2.34. The fourth-order valence-corrected chi connectivity index (χ4v) is 3.81. The summed E-state index contributed by atoms with van der Waals surface area (Å²) in [5, 5.41) is 0.388. The highest BCUT2D eigenvalue weighted by Gasteiger charge is 2.36. The number of nitrogens with zero attached hydrogens (tertiary/aromatic N) is 2. The molecule has 0 aromatic carbocycles. The number of hydrogen-bond acceptors (Lipinski definition) is 4. The summed E-state index contributed by atoms with van der Waals surface area (Å²) < 4.78 is 10.8. The van der Waals surface area contributed by atoms with Crippen molar-refractivity contribution < 1.29 is 14.3 Å². The van der Waals surface area contributed by atoms with E-state index in [1.807, 2.05) is 11.8 Å². The van der Waals surface area contributed by atoms with Gasteiger partial charge < -0.3 is 14.4 Å². The van der Waals surface area contributed by atoms with Gasteiger partial charge in [-0.3, -0.25) is 4.79 Å². The number of hydrogen-bond donors (Lipinski definition) is 0. The molecule has 2 aliphatic rings. The molecule has 2 saturated heterocycles. The van der Waals surface area contributed by atoms with Gasteiger partial charge in [-0.2, -0.15) is 0 Å². The molecule has 1 aromatic heterocycles. The van der Waals surface area contributed by atoms with Gasteiger partial charge >= 0.3 is 0 Å². The quantitative estimate of drug-likeness (QED) is 0.846. The molecule has 1 unspecified atom stereocenters. The van der Waals surface area contributed by atoms with Crippen molar-refractivity contribution in [2.75, 3.05) is 26.4 Å². The number of rotatable bonds is 4. The number of ether oxygens (including phenoxy) is 2. The molecule has 1 atom stereocenters. The molecule has 1 aromatic rings. The van der Waals surface area contributed by atoms with E-state index in [1.165, 1.54) is 0 Å². The lowest BCUT2D eigenvalue weighted by molar-refractivity contribution is 0.0322. The van der Waals surface area contributed by atoms with Crippen LogP contribution in [0, 0.1) is 5.92 Å². The molecule has 3 heterocycles. The molecule has 0 aliphatic carbocycles. The van der Waals surface area contributed by atoms with Gasteiger partial charge in [-0.15, -0.1) is 0 Å². The SMILES string of the molecule is CCOc1ncc(C(=O)N2CCCC2C2CCOCC2)cc1Cl. The maximum atomic E-state index is 12.9. The van der Waals surface area contributed by atoms with Crippen LogP contribution in [-0.2, 0) is 4.74 Å². The van der Waals surface area contributed by atoms with Crippen molar-refractivity contribution in [2.24, 2.45) is 5.92 Å². The van der Waals surface area contributed by atoms with Gasteiger partial charge in [0.2, 0.25) is 5.88 Å². The second-order valence-electron chi connectivity index (χ2n) is 6.10. The zero-order valence-electron chi connectivity index (χ0n) is 13.5. The van der Waals surface area contributed by atoms with Crippen molar-refractivity contribution in [3.8, 4) is 5.88 Å². The summed E-state index contributed by atoms with van der Waals surface area (Å²) in [5.74, 6) is 0.950. The number of pyridine rings is 1. The molecular formula is C17H23ClN2O3. The van der Waals surface area contributed by atoms with Crippen LogP contribution in [0.25, 0.3) is 0 Å². The molecule has 126 valence electrons. The molecule has 0 N–H and O–H groups in total. The van der Waals surface area contributed by atoms with E-state index in [4.69, 9.17) is 21.1 Å². The van der Waals surface area contributed by atoms with Crippen molar-refractivity contribution in [1.82, 2.24) is 9.88 Å². The van der Waals surface area contributed by atoms with E-state index in [0.29, 0.717) is 35.0 Å². The van der Waals surface area contributed by atoms with Gasteiger partial charge in [0.1, 0.15) is 5.02 Å². The molecule has 1 amide bonds. The fraction of sp³-hybridized carbons (Fsp3) is 0.647. The minimum Gasteiger partial charge on any atom is -0.477 e. The van der Waals surface area contributed by atoms with Crippen LogP contribution in [0.5, 0.6) is 5.88 Å². The van der Waals surface area contributed by atoms with E-state index < -0.39 is 0 Å². The van der Waals surface area contributed by atoms with Gasteiger partial charge in [-0.25, -0.2) is 4.98 Å². The number of carbonyl (C=O) groups excluding carboxylic acids is 1. The fourth-order valence-electron chi connectivity index (χ4n) is 3.59. The summed E-state index contributed by atoms with van der Waals surface area (Å²) in [4.78, 5) is 19.1. The van der Waals surface area contributed by atoms with Gasteiger partial charge in [-0.05, 0) is 44.6 Å². The van der Waals surface area contributed by atoms with Crippen LogP contribution in [0.1, 0.15) is 43.0 Å². The van der Waals surface area contributed by atoms with Crippen molar-refractivity contribution in [3.63, 3.8) is 0 Å². The highest BCUT2D eigenvalue weighted by molar-refractivity contribution is 6.32. The Morgan fingerprint density at radius 3 is 2.91 bits per heavy atom. The van der Waals surface area contributed by atoms with Gasteiger partial charge in [0.15, 0.2) is 0 Å². The summed E-state index contributed by atoms with van der Waals surface area (Å²) in [7, 11) is 0. The number of likely N-dealkylation sites (tertiary alicyclic amines) is 1. The predicted octanol–water partition coefficient (Wildman–Crippen LogP) is 3.16. The largest absolute Gasteiger partial charge is 0.477 e. The van der Waals surface area contributed by atoms with Gasteiger partial charge in [0.25, 0.3) is 5.91 Å². The highest BCUT2D eigenvalue weighted by Crippen LogP contribution is 2.32. The summed E-state index contributed by atoms with van der Waals surface area (Å²) >= 11 is 6.17. The molecule has 5 nitrogen and oxygen atoms in total. The first kappa shape index (κ1) is 16.5. The van der Waals surface area contributed by atoms with Crippen LogP contribution in [0.3, 0.4) is 0 Å². The zero-order chi connectivity index (χ0) is 16.2. The first-order valence-corrected chi connectivity index (χ1v) is 8.75. The van der Waals surface area contributed by atoms with Gasteiger partial charge in [0, 0.05) is 32.0 Å². The summed E-state index contributed by atoms with van der Waals surface area (Å²) in [6.07, 6.45) is 5.78. The van der Waals surface area contributed by atoms with Gasteiger partial charge in [0.05, 0.1) is 12.2 Å². The summed E-state index contributed by atoms with van der Waals surface area (Å²) in [6, 6.07) is 1.98. The third kappa shape index (κ3) is 3.61. The third-order valence-corrected chi connectivity index (χ3v) is 4.98. The number of carbonyl (C=O) groups is 1. The number of aromatic nitrogens is 1. The second-order valence-corrected chi connectivity index (χ2v) is 6.51. The van der Waals surface area contributed by atoms with Crippen LogP contribution < -0.4 is 4.74 Å². The highest BCUT2D eigenvalue weighted by atomic mass is 35.5. The Morgan fingerprint density at radius 2 is 2.22 bits per heavy atom. The smallest absolute Gasteiger partial charge is 0.255 e. The average molecular weight is 339 g/mol. The second kappa shape index (κ2) is 7.49. The van der Waals surface area contributed by atoms with Crippen molar-refractivity contribution in [1.29, 1.82) is 0 Å². The molecule has 2 fully saturated rings. The topological polar surface area (TPSA) is 51.7 Å². The van der Waals surface area contributed by atoms with E-state index in [1.54, 1.807) is 12.3 Å². The van der Waals surface area contributed by atoms with Crippen LogP contribution in [0.4, 0.5) is 0 Å². The van der Waals surface area contributed by atoms with E-state index >= 15 is 0 Å². The van der Waals surface area contributed by atoms with Crippen molar-refractivity contribution in [2.45, 2.75) is 38.6 Å². The van der Waals surface area contributed by atoms with Gasteiger partial charge in [-0.1, -0.05) is 11.6 Å². The van der Waals surface area contributed by atoms with Crippen LogP contribution in [-0.4, -0.2) is 48.2 Å². The molecule has 0 spiro atoms. The molecule has 0 radical (unpaired) electrons. The minimum absolute atomic E-state index is 0.0245. The number of halogens is 1. The normalized spacial score (nSPS) is 22.3. The van der Waals surface area contributed by atoms with E-state index in [0.717, 1.165) is 45.4 Å². The van der Waals surface area contributed by atoms with Crippen molar-refractivity contribution in [3.05, 3.63) is 22.8 Å². The maximum absolute atomic E-state index is 12.9. The molecule has 3 rings (SSSR count). The van der Waals surface area contributed by atoms with E-state index in [9.17, 15) is 4.79 Å². The zero-order valence-corrected chi connectivity index (χ0v) is 14.2. The lowest BCUT2D eigenvalue weighted by Crippen LogP contribution is -2.42. The Hall–Kier alpha value is -1.33. The first-order valence-electron chi connectivity index (χ1n) is 8.37. The maximum Gasteiger partial charge on any atom is 0.255 e. The average Bonchev–Trinajstić information content (AvgIpc) is 3.06. The predicted molar refractivity (Wildman–Crippen MR) is 88.0 cm³/mol. The Morgan fingerprint density at radius 1 is 1.43 bits per heavy atom. The lowest BCUT2D eigenvalue weighted by atomic mass is 9.90. The van der Waals surface area contributed by atoms with Crippen LogP contribution in [0.2, 0.25) is 5.02 Å². The Kier molecular flexibility index (Phi) is 5.38. The molecule has 0 bridgehead atoms. The monoisotopic (exact) mass is 338 g/mol. The van der Waals surface area contributed by atoms with Crippen LogP contribution in [0.15, 0.2) is 12.3 Å². The van der Waals surface area contributed by atoms with Crippen molar-refractivity contribution >= 4 is 17.5 Å². The molecule has 2 aliphatic heterocycles. The van der Waals surface area contributed by atoms with Crippen LogP contribution >= 0.6 is 11.6 Å². The summed E-state index contributed by atoms with van der Waals surface area (Å²) in [6.45, 7) is 4.79. The summed E-state index contributed by atoms with van der Waals surface area (Å²) in [5.41, 5.74) is 0.539. The molecular weight excluding hydrogens is 316 g/mol. The molecule has 6 heteroatoms. The molecule has 0 saturated carbocycles. The number of amides is 1. The standard InChI is InChI=1S/C17H23ClN2O3/c1-2-23-16-14(18)10-13(11-19-16)17(21)20-7-3-4-15(20)12-5-8-22-9-6-12/h10-12,15H,2-9H2,1H3. The Balaban J connectivity index is 1.74. The Bertz CT molecular complexity index is 561. The van der Waals surface area contributed by atoms with E-state index in [2.05, 4.69) is 4.98 Å². The third-order valence-electron chi connectivity index (χ3n) is 4.71. The Labute approximate surface area is 141 Å². The molecule has 23 heavy (non-hydrogen) atoms.